The topological polar surface area (TPSA) is 73.9 Å². The molecular formula is C45H50FNO5Si. The Bertz CT molecular complexity index is 1910. The average molecular weight is 732 g/mol. The predicted octanol–water partition coefficient (Wildman–Crippen LogP) is 11.4. The van der Waals surface area contributed by atoms with Gasteiger partial charge in [-0.25, -0.2) is 4.39 Å². The minimum absolute atomic E-state index is 0.0473. The van der Waals surface area contributed by atoms with Crippen LogP contribution in [0, 0.1) is 11.7 Å². The van der Waals surface area contributed by atoms with Gasteiger partial charge in [0.2, 0.25) is 5.91 Å². The summed E-state index contributed by atoms with van der Waals surface area (Å²) in [5.41, 5.74) is 3.82. The highest BCUT2D eigenvalue weighted by molar-refractivity contribution is 6.74. The molecule has 0 fully saturated rings. The lowest BCUT2D eigenvalue weighted by Gasteiger charge is -2.39. The zero-order valence-electron chi connectivity index (χ0n) is 31.3. The van der Waals surface area contributed by atoms with E-state index in [9.17, 15) is 14.0 Å². The first-order valence-corrected chi connectivity index (χ1v) is 21.1. The first-order valence-electron chi connectivity index (χ1n) is 18.2. The van der Waals surface area contributed by atoms with Gasteiger partial charge in [0.05, 0.1) is 11.7 Å². The van der Waals surface area contributed by atoms with Gasteiger partial charge in [-0.2, -0.15) is 0 Å². The van der Waals surface area contributed by atoms with Gasteiger partial charge in [0.25, 0.3) is 0 Å². The minimum Gasteiger partial charge on any atom is -0.489 e. The third-order valence-electron chi connectivity index (χ3n) is 9.83. The van der Waals surface area contributed by atoms with Crippen molar-refractivity contribution in [3.05, 3.63) is 162 Å². The SMILES string of the molecule is CC(C)(C)[Si](C)(C)O[C@@H](CCC(CC(=O)Nc1ccccc1)C(=O)c1ccc(OCc2ccccc2)cc1OCc1ccccc1)c1ccc(F)cc1. The van der Waals surface area contributed by atoms with Gasteiger partial charge in [-0.1, -0.05) is 112 Å². The maximum Gasteiger partial charge on any atom is 0.225 e. The zero-order chi connectivity index (χ0) is 37.8. The van der Waals surface area contributed by atoms with Crippen molar-refractivity contribution in [3.63, 3.8) is 0 Å². The van der Waals surface area contributed by atoms with E-state index in [1.165, 1.54) is 12.1 Å². The number of hydrogen-bond donors (Lipinski definition) is 1. The van der Waals surface area contributed by atoms with Crippen molar-refractivity contribution in [2.24, 2.45) is 5.92 Å². The zero-order valence-corrected chi connectivity index (χ0v) is 32.3. The van der Waals surface area contributed by atoms with Crippen LogP contribution >= 0.6 is 0 Å². The van der Waals surface area contributed by atoms with Crippen LogP contribution in [0.15, 0.2) is 133 Å². The average Bonchev–Trinajstić information content (AvgIpc) is 3.15. The molecule has 1 N–H and O–H groups in total. The minimum atomic E-state index is -2.29. The van der Waals surface area contributed by atoms with Crippen LogP contribution in [0.25, 0.3) is 0 Å². The summed E-state index contributed by atoms with van der Waals surface area (Å²) >= 11 is 0. The van der Waals surface area contributed by atoms with Crippen molar-refractivity contribution in [2.45, 2.75) is 77.5 Å². The van der Waals surface area contributed by atoms with Crippen LogP contribution in [0.3, 0.4) is 0 Å². The molecule has 0 spiro atoms. The number of rotatable bonds is 17. The molecule has 53 heavy (non-hydrogen) atoms. The number of Topliss-reactive ketones (excluding diaryl/α,β-unsaturated/α-hetero) is 1. The van der Waals surface area contributed by atoms with Crippen LogP contribution in [-0.4, -0.2) is 20.0 Å². The van der Waals surface area contributed by atoms with Crippen LogP contribution in [0.1, 0.15) is 73.2 Å². The van der Waals surface area contributed by atoms with Gasteiger partial charge in [0, 0.05) is 24.1 Å². The van der Waals surface area contributed by atoms with Gasteiger partial charge in [-0.3, -0.25) is 9.59 Å². The summed E-state index contributed by atoms with van der Waals surface area (Å²) in [7, 11) is -2.29. The predicted molar refractivity (Wildman–Crippen MR) is 212 cm³/mol. The number of ketones is 1. The number of anilines is 1. The highest BCUT2D eigenvalue weighted by atomic mass is 28.4. The van der Waals surface area contributed by atoms with Gasteiger partial charge < -0.3 is 19.2 Å². The molecule has 2 atom stereocenters. The number of carbonyl (C=O) groups is 2. The molecule has 5 aromatic rings. The Kier molecular flexibility index (Phi) is 13.4. The Morgan fingerprint density at radius 2 is 1.28 bits per heavy atom. The van der Waals surface area contributed by atoms with Gasteiger partial charge >= 0.3 is 0 Å². The highest BCUT2D eigenvalue weighted by Crippen LogP contribution is 2.42. The van der Waals surface area contributed by atoms with Crippen LogP contribution in [-0.2, 0) is 22.4 Å². The van der Waals surface area contributed by atoms with E-state index in [0.29, 0.717) is 42.2 Å². The second kappa shape index (κ2) is 18.1. The van der Waals surface area contributed by atoms with E-state index < -0.39 is 20.3 Å². The summed E-state index contributed by atoms with van der Waals surface area (Å²) in [6.45, 7) is 11.5. The molecular weight excluding hydrogens is 682 g/mol. The number of hydrogen-bond acceptors (Lipinski definition) is 5. The first kappa shape index (κ1) is 39.2. The van der Waals surface area contributed by atoms with Gasteiger partial charge in [0.15, 0.2) is 14.1 Å². The Morgan fingerprint density at radius 1 is 0.717 bits per heavy atom. The fourth-order valence-electron chi connectivity index (χ4n) is 5.75. The van der Waals surface area contributed by atoms with Crippen molar-refractivity contribution < 1.29 is 27.9 Å². The van der Waals surface area contributed by atoms with Crippen molar-refractivity contribution in [1.29, 1.82) is 0 Å². The molecule has 8 heteroatoms. The molecule has 0 bridgehead atoms. The van der Waals surface area contributed by atoms with E-state index in [1.807, 2.05) is 91.0 Å². The number of carbonyl (C=O) groups excluding carboxylic acids is 2. The second-order valence-corrected chi connectivity index (χ2v) is 19.6. The lowest BCUT2D eigenvalue weighted by Crippen LogP contribution is -2.42. The highest BCUT2D eigenvalue weighted by Gasteiger charge is 2.40. The van der Waals surface area contributed by atoms with Gasteiger partial charge in [-0.15, -0.1) is 0 Å². The molecule has 276 valence electrons. The van der Waals surface area contributed by atoms with Crippen molar-refractivity contribution >= 4 is 25.7 Å². The van der Waals surface area contributed by atoms with Crippen molar-refractivity contribution in [2.75, 3.05) is 5.32 Å². The molecule has 0 radical (unpaired) electrons. The molecule has 6 nitrogen and oxygen atoms in total. The van der Waals surface area contributed by atoms with Crippen LogP contribution in [0.2, 0.25) is 18.1 Å². The molecule has 5 rings (SSSR count). The molecule has 0 aliphatic heterocycles. The molecule has 0 aromatic heterocycles. The number of para-hydroxylation sites is 1. The summed E-state index contributed by atoms with van der Waals surface area (Å²) in [6, 6.07) is 40.4. The van der Waals surface area contributed by atoms with E-state index >= 15 is 0 Å². The summed E-state index contributed by atoms with van der Waals surface area (Å²) in [4.78, 5) is 28.3. The van der Waals surface area contributed by atoms with Crippen LogP contribution in [0.5, 0.6) is 11.5 Å². The van der Waals surface area contributed by atoms with E-state index in [2.05, 4.69) is 39.2 Å². The lowest BCUT2D eigenvalue weighted by molar-refractivity contribution is -0.116. The number of ether oxygens (including phenoxy) is 2. The Hall–Kier alpha value is -5.05. The quantitative estimate of drug-likeness (QED) is 0.0761. The second-order valence-electron chi connectivity index (χ2n) is 14.9. The van der Waals surface area contributed by atoms with Crippen molar-refractivity contribution in [1.82, 2.24) is 0 Å². The first-order chi connectivity index (χ1) is 25.4. The molecule has 0 aliphatic rings. The summed E-state index contributed by atoms with van der Waals surface area (Å²) in [5.74, 6) is -0.579. The third-order valence-corrected chi connectivity index (χ3v) is 14.3. The maximum absolute atomic E-state index is 14.7. The number of halogens is 1. The molecule has 0 heterocycles. The van der Waals surface area contributed by atoms with E-state index in [4.69, 9.17) is 13.9 Å². The maximum atomic E-state index is 14.7. The fraction of sp³-hybridized carbons (Fsp3) is 0.289. The van der Waals surface area contributed by atoms with Crippen LogP contribution in [0.4, 0.5) is 10.1 Å². The van der Waals surface area contributed by atoms with Gasteiger partial charge in [-0.05, 0) is 84.1 Å². The molecule has 5 aromatic carbocycles. The number of amides is 1. The lowest BCUT2D eigenvalue weighted by atomic mass is 9.87. The fourth-order valence-corrected chi connectivity index (χ4v) is 7.07. The molecule has 1 unspecified atom stereocenters. The van der Waals surface area contributed by atoms with E-state index in [0.717, 1.165) is 16.7 Å². The summed E-state index contributed by atoms with van der Waals surface area (Å²) in [5, 5.41) is 2.88. The Balaban J connectivity index is 1.46. The number of benzene rings is 5. The third kappa shape index (κ3) is 11.5. The standard InChI is InChI=1S/C45H50FNO5Si/c1-45(2,3)53(4,5)52-41(35-21-24-37(46)25-22-35)28-23-36(29-43(48)47-38-19-13-8-14-20-38)44(49)40-27-26-39(50-31-33-15-9-6-10-16-33)30-42(40)51-32-34-17-11-7-12-18-34/h6-22,24-27,30,36,41H,23,28-29,31-32H2,1-5H3,(H,47,48)/t36?,41-/m0/s1. The van der Waals surface area contributed by atoms with Crippen molar-refractivity contribution in [3.8, 4) is 11.5 Å². The molecule has 0 saturated heterocycles. The molecule has 1 amide bonds. The Labute approximate surface area is 314 Å². The van der Waals surface area contributed by atoms with Crippen LogP contribution < -0.4 is 14.8 Å². The van der Waals surface area contributed by atoms with Gasteiger partial charge in [0.1, 0.15) is 30.5 Å². The summed E-state index contributed by atoms with van der Waals surface area (Å²) in [6.07, 6.45) is 0.355. The number of nitrogens with one attached hydrogen (secondary N) is 1. The largest absolute Gasteiger partial charge is 0.489 e. The normalized spacial score (nSPS) is 12.8. The van der Waals surface area contributed by atoms with E-state index in [-0.39, 0.29) is 35.6 Å². The van der Waals surface area contributed by atoms with E-state index in [1.54, 1.807) is 30.3 Å². The Morgan fingerprint density at radius 3 is 1.87 bits per heavy atom. The monoisotopic (exact) mass is 731 g/mol. The molecule has 0 saturated carbocycles. The molecule has 0 aliphatic carbocycles. The smallest absolute Gasteiger partial charge is 0.225 e. The summed E-state index contributed by atoms with van der Waals surface area (Å²) < 4.78 is 33.4.